The SMILES string of the molecule is Fc1ccc(Cl)cc1-c1nn2c(c1-n1ncc3ccccc31)CCC2. The van der Waals surface area contributed by atoms with E-state index in [0.29, 0.717) is 16.3 Å². The third-order valence-electron chi connectivity index (χ3n) is 4.69. The number of para-hydroxylation sites is 1. The zero-order chi connectivity index (χ0) is 17.0. The lowest BCUT2D eigenvalue weighted by Gasteiger charge is -2.08. The molecule has 4 aromatic rings. The maximum Gasteiger partial charge on any atom is 0.132 e. The fourth-order valence-electron chi connectivity index (χ4n) is 3.55. The van der Waals surface area contributed by atoms with Crippen molar-refractivity contribution in [3.05, 3.63) is 65.2 Å². The number of halogens is 2. The fourth-order valence-corrected chi connectivity index (χ4v) is 3.72. The Balaban J connectivity index is 1.83. The second-order valence-corrected chi connectivity index (χ2v) is 6.65. The van der Waals surface area contributed by atoms with Gasteiger partial charge in [-0.25, -0.2) is 9.07 Å². The zero-order valence-corrected chi connectivity index (χ0v) is 14.0. The molecule has 0 unspecified atom stereocenters. The fraction of sp³-hybridized carbons (Fsp3) is 0.158. The Hall–Kier alpha value is -2.66. The summed E-state index contributed by atoms with van der Waals surface area (Å²) >= 11 is 6.11. The molecule has 3 heterocycles. The van der Waals surface area contributed by atoms with Gasteiger partial charge in [0, 0.05) is 22.5 Å². The minimum Gasteiger partial charge on any atom is -0.267 e. The Kier molecular flexibility index (Phi) is 3.18. The van der Waals surface area contributed by atoms with Crippen LogP contribution in [0.2, 0.25) is 5.02 Å². The van der Waals surface area contributed by atoms with E-state index in [1.54, 1.807) is 12.1 Å². The van der Waals surface area contributed by atoms with Crippen molar-refractivity contribution >= 4 is 22.5 Å². The largest absolute Gasteiger partial charge is 0.267 e. The van der Waals surface area contributed by atoms with Crippen molar-refractivity contribution in [3.63, 3.8) is 0 Å². The van der Waals surface area contributed by atoms with Gasteiger partial charge in [0.25, 0.3) is 0 Å². The third-order valence-corrected chi connectivity index (χ3v) is 4.92. The second-order valence-electron chi connectivity index (χ2n) is 6.21. The molecule has 0 bridgehead atoms. The molecule has 0 aliphatic carbocycles. The molecule has 0 radical (unpaired) electrons. The van der Waals surface area contributed by atoms with Crippen molar-refractivity contribution in [2.45, 2.75) is 19.4 Å². The van der Waals surface area contributed by atoms with Gasteiger partial charge >= 0.3 is 0 Å². The zero-order valence-electron chi connectivity index (χ0n) is 13.3. The van der Waals surface area contributed by atoms with E-state index < -0.39 is 0 Å². The molecule has 4 nitrogen and oxygen atoms in total. The molecular formula is C19H14ClFN4. The monoisotopic (exact) mass is 352 g/mol. The molecule has 124 valence electrons. The summed E-state index contributed by atoms with van der Waals surface area (Å²) < 4.78 is 18.3. The van der Waals surface area contributed by atoms with Crippen LogP contribution in [0, 0.1) is 5.82 Å². The van der Waals surface area contributed by atoms with Gasteiger partial charge < -0.3 is 0 Å². The average Bonchev–Trinajstić information content (AvgIpc) is 3.30. The molecule has 0 saturated carbocycles. The molecule has 0 atom stereocenters. The highest BCUT2D eigenvalue weighted by Crippen LogP contribution is 2.36. The molecule has 2 aromatic carbocycles. The highest BCUT2D eigenvalue weighted by molar-refractivity contribution is 6.30. The molecule has 0 amide bonds. The first-order valence-corrected chi connectivity index (χ1v) is 8.58. The van der Waals surface area contributed by atoms with Gasteiger partial charge in [0.2, 0.25) is 0 Å². The van der Waals surface area contributed by atoms with Crippen molar-refractivity contribution in [1.29, 1.82) is 0 Å². The summed E-state index contributed by atoms with van der Waals surface area (Å²) in [6.07, 6.45) is 3.76. The van der Waals surface area contributed by atoms with Crippen LogP contribution in [0.3, 0.4) is 0 Å². The molecule has 5 rings (SSSR count). The van der Waals surface area contributed by atoms with Crippen molar-refractivity contribution in [3.8, 4) is 16.9 Å². The van der Waals surface area contributed by atoms with Crippen molar-refractivity contribution in [2.75, 3.05) is 0 Å². The van der Waals surface area contributed by atoms with Gasteiger partial charge in [0.1, 0.15) is 17.2 Å². The molecule has 25 heavy (non-hydrogen) atoms. The molecule has 1 aliphatic rings. The summed E-state index contributed by atoms with van der Waals surface area (Å²) in [6.45, 7) is 0.837. The summed E-state index contributed by atoms with van der Waals surface area (Å²) in [5, 5.41) is 10.8. The topological polar surface area (TPSA) is 35.6 Å². The average molecular weight is 353 g/mol. The van der Waals surface area contributed by atoms with E-state index in [-0.39, 0.29) is 5.82 Å². The van der Waals surface area contributed by atoms with Crippen LogP contribution >= 0.6 is 11.6 Å². The minimum atomic E-state index is -0.334. The van der Waals surface area contributed by atoms with Gasteiger partial charge in [0.05, 0.1) is 17.4 Å². The van der Waals surface area contributed by atoms with E-state index in [1.807, 2.05) is 39.8 Å². The Labute approximate surface area is 148 Å². The Morgan fingerprint density at radius 1 is 1.12 bits per heavy atom. The summed E-state index contributed by atoms with van der Waals surface area (Å²) in [6, 6.07) is 12.5. The number of aryl methyl sites for hydroxylation is 1. The van der Waals surface area contributed by atoms with E-state index in [0.717, 1.165) is 41.7 Å². The number of hydrogen-bond donors (Lipinski definition) is 0. The molecular weight excluding hydrogens is 339 g/mol. The number of aromatic nitrogens is 4. The van der Waals surface area contributed by atoms with Crippen LogP contribution in [0.4, 0.5) is 4.39 Å². The van der Waals surface area contributed by atoms with Gasteiger partial charge in [0.15, 0.2) is 0 Å². The highest BCUT2D eigenvalue weighted by atomic mass is 35.5. The van der Waals surface area contributed by atoms with Crippen molar-refractivity contribution < 1.29 is 4.39 Å². The van der Waals surface area contributed by atoms with Crippen molar-refractivity contribution in [1.82, 2.24) is 19.6 Å². The van der Waals surface area contributed by atoms with Crippen LogP contribution in [-0.4, -0.2) is 19.6 Å². The van der Waals surface area contributed by atoms with Gasteiger partial charge in [-0.15, -0.1) is 0 Å². The van der Waals surface area contributed by atoms with Gasteiger partial charge in [-0.3, -0.25) is 4.68 Å². The van der Waals surface area contributed by atoms with Crippen molar-refractivity contribution in [2.24, 2.45) is 0 Å². The third kappa shape index (κ3) is 2.19. The Morgan fingerprint density at radius 3 is 2.92 bits per heavy atom. The number of hydrogen-bond acceptors (Lipinski definition) is 2. The van der Waals surface area contributed by atoms with Crippen LogP contribution in [0.1, 0.15) is 12.1 Å². The van der Waals surface area contributed by atoms with Crippen LogP contribution in [0.25, 0.3) is 27.8 Å². The number of nitrogens with zero attached hydrogens (tertiary/aromatic N) is 4. The van der Waals surface area contributed by atoms with E-state index in [2.05, 4.69) is 10.2 Å². The summed E-state index contributed by atoms with van der Waals surface area (Å²) in [5.74, 6) is -0.334. The Morgan fingerprint density at radius 2 is 2.00 bits per heavy atom. The first-order chi connectivity index (χ1) is 12.2. The van der Waals surface area contributed by atoms with E-state index in [1.165, 1.54) is 6.07 Å². The predicted octanol–water partition coefficient (Wildman–Crippen LogP) is 4.63. The standard InChI is InChI=1S/C19H14ClFN4/c20-13-7-8-15(21)14(10-13)18-19(17-6-3-9-24(17)23-18)25-16-5-2-1-4-12(16)11-22-25/h1-2,4-5,7-8,10-11H,3,6,9H2. The molecule has 0 fully saturated rings. The molecule has 0 spiro atoms. The van der Waals surface area contributed by atoms with Gasteiger partial charge in [-0.05, 0) is 37.1 Å². The van der Waals surface area contributed by atoms with E-state index in [9.17, 15) is 4.39 Å². The summed E-state index contributed by atoms with van der Waals surface area (Å²) in [5.41, 5.74) is 3.91. The lowest BCUT2D eigenvalue weighted by molar-refractivity contribution is 0.626. The van der Waals surface area contributed by atoms with Crippen LogP contribution < -0.4 is 0 Å². The van der Waals surface area contributed by atoms with Crippen LogP contribution in [0.15, 0.2) is 48.7 Å². The summed E-state index contributed by atoms with van der Waals surface area (Å²) in [7, 11) is 0. The number of benzene rings is 2. The van der Waals surface area contributed by atoms with Crippen LogP contribution in [0.5, 0.6) is 0 Å². The second kappa shape index (κ2) is 5.43. The number of rotatable bonds is 2. The summed E-state index contributed by atoms with van der Waals surface area (Å²) in [4.78, 5) is 0. The first-order valence-electron chi connectivity index (χ1n) is 8.20. The van der Waals surface area contributed by atoms with Crippen LogP contribution in [-0.2, 0) is 13.0 Å². The quantitative estimate of drug-likeness (QED) is 0.527. The maximum absolute atomic E-state index is 14.5. The van der Waals surface area contributed by atoms with Gasteiger partial charge in [-0.1, -0.05) is 29.8 Å². The molecule has 0 N–H and O–H groups in total. The highest BCUT2D eigenvalue weighted by Gasteiger charge is 2.27. The smallest absolute Gasteiger partial charge is 0.132 e. The molecule has 2 aromatic heterocycles. The molecule has 1 aliphatic heterocycles. The molecule has 6 heteroatoms. The number of fused-ring (bicyclic) bond motifs is 2. The normalized spacial score (nSPS) is 13.5. The Bertz CT molecular complexity index is 1110. The lowest BCUT2D eigenvalue weighted by Crippen LogP contribution is -2.01. The molecule has 0 saturated heterocycles. The minimum absolute atomic E-state index is 0.334. The van der Waals surface area contributed by atoms with E-state index >= 15 is 0 Å². The van der Waals surface area contributed by atoms with E-state index in [4.69, 9.17) is 11.6 Å². The lowest BCUT2D eigenvalue weighted by atomic mass is 10.1. The maximum atomic E-state index is 14.5. The first kappa shape index (κ1) is 14.7. The predicted molar refractivity (Wildman–Crippen MR) is 95.6 cm³/mol. The van der Waals surface area contributed by atoms with Gasteiger partial charge in [-0.2, -0.15) is 10.2 Å².